The summed E-state index contributed by atoms with van der Waals surface area (Å²) >= 11 is 5.82. The number of aryl methyl sites for hydroxylation is 1. The molecule has 2 heteroatoms. The van der Waals surface area contributed by atoms with Crippen LogP contribution in [-0.4, -0.2) is 4.98 Å². The molecular formula is C12H10ClN. The number of halogens is 1. The van der Waals surface area contributed by atoms with E-state index in [2.05, 4.69) is 24.0 Å². The molecule has 2 rings (SSSR count). The van der Waals surface area contributed by atoms with E-state index in [0.717, 1.165) is 11.3 Å². The van der Waals surface area contributed by atoms with Gasteiger partial charge >= 0.3 is 0 Å². The number of rotatable bonds is 1. The molecule has 0 saturated carbocycles. The van der Waals surface area contributed by atoms with E-state index in [4.69, 9.17) is 11.6 Å². The second-order valence-electron chi connectivity index (χ2n) is 3.22. The molecular weight excluding hydrogens is 194 g/mol. The lowest BCUT2D eigenvalue weighted by Gasteiger charge is -2.01. The van der Waals surface area contributed by atoms with Crippen molar-refractivity contribution in [3.63, 3.8) is 0 Å². The highest BCUT2D eigenvalue weighted by Crippen LogP contribution is 2.19. The quantitative estimate of drug-likeness (QED) is 0.644. The standard InChI is InChI=1S/C12H10ClN/c1-9-4-2-5-10(8-9)11-6-3-7-12(13)14-11/h2-8H,1H3. The van der Waals surface area contributed by atoms with Gasteiger partial charge in [-0.1, -0.05) is 41.4 Å². The summed E-state index contributed by atoms with van der Waals surface area (Å²) in [4.78, 5) is 4.25. The van der Waals surface area contributed by atoms with Crippen LogP contribution in [0.15, 0.2) is 42.5 Å². The largest absolute Gasteiger partial charge is 0.236 e. The minimum Gasteiger partial charge on any atom is -0.236 e. The minimum absolute atomic E-state index is 0.531. The first-order chi connectivity index (χ1) is 6.75. The molecule has 1 aromatic carbocycles. The first kappa shape index (κ1) is 9.22. The first-order valence-corrected chi connectivity index (χ1v) is 4.83. The normalized spacial score (nSPS) is 10.1. The molecule has 0 aliphatic carbocycles. The summed E-state index contributed by atoms with van der Waals surface area (Å²) in [5, 5.41) is 0.531. The topological polar surface area (TPSA) is 12.9 Å². The van der Waals surface area contributed by atoms with E-state index in [9.17, 15) is 0 Å². The van der Waals surface area contributed by atoms with Crippen LogP contribution in [0.3, 0.4) is 0 Å². The summed E-state index contributed by atoms with van der Waals surface area (Å²) in [6.07, 6.45) is 0. The van der Waals surface area contributed by atoms with Gasteiger partial charge in [0.2, 0.25) is 0 Å². The zero-order valence-corrected chi connectivity index (χ0v) is 8.62. The minimum atomic E-state index is 0.531. The summed E-state index contributed by atoms with van der Waals surface area (Å²) in [5.74, 6) is 0. The fourth-order valence-corrected chi connectivity index (χ4v) is 1.54. The highest BCUT2D eigenvalue weighted by molar-refractivity contribution is 6.29. The van der Waals surface area contributed by atoms with Gasteiger partial charge in [-0.25, -0.2) is 4.98 Å². The van der Waals surface area contributed by atoms with Crippen molar-refractivity contribution >= 4 is 11.6 Å². The number of hydrogen-bond acceptors (Lipinski definition) is 1. The van der Waals surface area contributed by atoms with Crippen molar-refractivity contribution in [1.29, 1.82) is 0 Å². The number of pyridine rings is 1. The van der Waals surface area contributed by atoms with Crippen molar-refractivity contribution < 1.29 is 0 Å². The first-order valence-electron chi connectivity index (χ1n) is 4.45. The molecule has 14 heavy (non-hydrogen) atoms. The van der Waals surface area contributed by atoms with E-state index in [0.29, 0.717) is 5.15 Å². The maximum atomic E-state index is 5.82. The average molecular weight is 204 g/mol. The molecule has 1 heterocycles. The third-order valence-electron chi connectivity index (χ3n) is 2.03. The summed E-state index contributed by atoms with van der Waals surface area (Å²) < 4.78 is 0. The van der Waals surface area contributed by atoms with Gasteiger partial charge in [-0.15, -0.1) is 0 Å². The van der Waals surface area contributed by atoms with Gasteiger partial charge in [0.15, 0.2) is 0 Å². The molecule has 0 aliphatic heterocycles. The molecule has 70 valence electrons. The number of hydrogen-bond donors (Lipinski definition) is 0. The predicted molar refractivity (Wildman–Crippen MR) is 59.4 cm³/mol. The van der Waals surface area contributed by atoms with Crippen LogP contribution in [0.25, 0.3) is 11.3 Å². The lowest BCUT2D eigenvalue weighted by atomic mass is 10.1. The van der Waals surface area contributed by atoms with Gasteiger partial charge in [0.25, 0.3) is 0 Å². The molecule has 0 spiro atoms. The van der Waals surface area contributed by atoms with Crippen molar-refractivity contribution in [3.05, 3.63) is 53.2 Å². The van der Waals surface area contributed by atoms with Crippen LogP contribution in [0.2, 0.25) is 5.15 Å². The average Bonchev–Trinajstić information content (AvgIpc) is 2.18. The third-order valence-corrected chi connectivity index (χ3v) is 2.24. The number of nitrogens with zero attached hydrogens (tertiary/aromatic N) is 1. The van der Waals surface area contributed by atoms with Crippen LogP contribution in [-0.2, 0) is 0 Å². The summed E-state index contributed by atoms with van der Waals surface area (Å²) in [6, 6.07) is 13.9. The SMILES string of the molecule is Cc1cccc(-c2cccc(Cl)n2)c1. The fourth-order valence-electron chi connectivity index (χ4n) is 1.37. The summed E-state index contributed by atoms with van der Waals surface area (Å²) in [6.45, 7) is 2.06. The lowest BCUT2D eigenvalue weighted by molar-refractivity contribution is 1.32. The Hall–Kier alpha value is -1.34. The van der Waals surface area contributed by atoms with Gasteiger partial charge in [0, 0.05) is 5.56 Å². The van der Waals surface area contributed by atoms with Crippen molar-refractivity contribution in [2.75, 3.05) is 0 Å². The second kappa shape index (κ2) is 3.81. The Morgan fingerprint density at radius 3 is 2.57 bits per heavy atom. The maximum absolute atomic E-state index is 5.82. The Bertz CT molecular complexity index is 408. The zero-order valence-electron chi connectivity index (χ0n) is 7.87. The van der Waals surface area contributed by atoms with E-state index in [1.165, 1.54) is 5.56 Å². The third kappa shape index (κ3) is 1.94. The lowest BCUT2D eigenvalue weighted by Crippen LogP contribution is -1.83. The van der Waals surface area contributed by atoms with Crippen LogP contribution in [0.5, 0.6) is 0 Å². The molecule has 2 aromatic rings. The molecule has 0 amide bonds. The molecule has 1 aromatic heterocycles. The Morgan fingerprint density at radius 1 is 1.07 bits per heavy atom. The smallest absolute Gasteiger partial charge is 0.129 e. The van der Waals surface area contributed by atoms with Crippen molar-refractivity contribution in [1.82, 2.24) is 4.98 Å². The van der Waals surface area contributed by atoms with Gasteiger partial charge < -0.3 is 0 Å². The van der Waals surface area contributed by atoms with Crippen molar-refractivity contribution in [3.8, 4) is 11.3 Å². The van der Waals surface area contributed by atoms with E-state index >= 15 is 0 Å². The van der Waals surface area contributed by atoms with Crippen LogP contribution in [0, 0.1) is 6.92 Å². The molecule has 0 unspecified atom stereocenters. The van der Waals surface area contributed by atoms with E-state index in [1.54, 1.807) is 6.07 Å². The van der Waals surface area contributed by atoms with Gasteiger partial charge in [0.1, 0.15) is 5.15 Å². The predicted octanol–water partition coefficient (Wildman–Crippen LogP) is 3.71. The van der Waals surface area contributed by atoms with Crippen LogP contribution < -0.4 is 0 Å². The Morgan fingerprint density at radius 2 is 1.86 bits per heavy atom. The molecule has 0 N–H and O–H groups in total. The summed E-state index contributed by atoms with van der Waals surface area (Å²) in [7, 11) is 0. The van der Waals surface area contributed by atoms with Gasteiger partial charge in [-0.05, 0) is 25.1 Å². The molecule has 0 radical (unpaired) electrons. The molecule has 0 fully saturated rings. The molecule has 0 aliphatic rings. The monoisotopic (exact) mass is 203 g/mol. The van der Waals surface area contributed by atoms with E-state index in [-0.39, 0.29) is 0 Å². The molecule has 0 saturated heterocycles. The fraction of sp³-hybridized carbons (Fsp3) is 0.0833. The van der Waals surface area contributed by atoms with Gasteiger partial charge in [-0.2, -0.15) is 0 Å². The van der Waals surface area contributed by atoms with Crippen LogP contribution in [0.4, 0.5) is 0 Å². The van der Waals surface area contributed by atoms with Gasteiger partial charge in [-0.3, -0.25) is 0 Å². The maximum Gasteiger partial charge on any atom is 0.129 e. The van der Waals surface area contributed by atoms with E-state index < -0.39 is 0 Å². The van der Waals surface area contributed by atoms with Crippen molar-refractivity contribution in [2.45, 2.75) is 6.92 Å². The Balaban J connectivity index is 2.49. The molecule has 1 nitrogen and oxygen atoms in total. The van der Waals surface area contributed by atoms with Gasteiger partial charge in [0.05, 0.1) is 5.69 Å². The van der Waals surface area contributed by atoms with Crippen LogP contribution >= 0.6 is 11.6 Å². The Kier molecular flexibility index (Phi) is 2.51. The summed E-state index contributed by atoms with van der Waals surface area (Å²) in [5.41, 5.74) is 3.25. The number of aromatic nitrogens is 1. The molecule has 0 atom stereocenters. The highest BCUT2D eigenvalue weighted by atomic mass is 35.5. The highest BCUT2D eigenvalue weighted by Gasteiger charge is 1.99. The Labute approximate surface area is 88.4 Å². The van der Waals surface area contributed by atoms with Crippen LogP contribution in [0.1, 0.15) is 5.56 Å². The van der Waals surface area contributed by atoms with Crippen molar-refractivity contribution in [2.24, 2.45) is 0 Å². The molecule has 0 bridgehead atoms. The zero-order chi connectivity index (χ0) is 9.97. The number of benzene rings is 1. The second-order valence-corrected chi connectivity index (χ2v) is 3.60. The van der Waals surface area contributed by atoms with E-state index in [1.807, 2.05) is 24.3 Å².